The Bertz CT molecular complexity index is 856. The average molecular weight is 361 g/mol. The van der Waals surface area contributed by atoms with Crippen molar-refractivity contribution in [2.45, 2.75) is 13.0 Å². The second-order valence-electron chi connectivity index (χ2n) is 5.29. The van der Waals surface area contributed by atoms with Crippen LogP contribution in [-0.2, 0) is 9.53 Å². The number of ether oxygens (including phenoxy) is 1. The number of halogens is 1. The summed E-state index contributed by atoms with van der Waals surface area (Å²) in [6.07, 6.45) is -1.19. The van der Waals surface area contributed by atoms with Crippen LogP contribution in [0.25, 0.3) is 0 Å². The monoisotopic (exact) mass is 361 g/mol. The fourth-order valence-electron chi connectivity index (χ4n) is 2.11. The Morgan fingerprint density at radius 2 is 1.96 bits per heavy atom. The Morgan fingerprint density at radius 1 is 1.23 bits per heavy atom. The first-order valence-corrected chi connectivity index (χ1v) is 7.55. The van der Waals surface area contributed by atoms with Crippen LogP contribution in [0.1, 0.15) is 17.3 Å². The molecule has 26 heavy (non-hydrogen) atoms. The average Bonchev–Trinajstić information content (AvgIpc) is 2.60. The molecule has 0 fully saturated rings. The number of hydrogen-bond acceptors (Lipinski definition) is 6. The van der Waals surface area contributed by atoms with Gasteiger partial charge in [0.05, 0.1) is 10.5 Å². The van der Waals surface area contributed by atoms with E-state index in [2.05, 4.69) is 10.6 Å². The highest BCUT2D eigenvalue weighted by atomic mass is 19.1. The molecule has 2 aromatic rings. The summed E-state index contributed by atoms with van der Waals surface area (Å²) in [7, 11) is 1.51. The lowest BCUT2D eigenvalue weighted by atomic mass is 10.1. The van der Waals surface area contributed by atoms with E-state index in [1.807, 2.05) is 0 Å². The lowest BCUT2D eigenvalue weighted by Gasteiger charge is -2.14. The number of carbonyl (C=O) groups excluding carboxylic acids is 2. The SMILES string of the molecule is CNc1ccc(C(=O)OC(C)C(=O)Nc2cccc(F)c2)cc1[N+](=O)[O-]. The van der Waals surface area contributed by atoms with Crippen LogP contribution in [0.3, 0.4) is 0 Å². The van der Waals surface area contributed by atoms with Gasteiger partial charge in [-0.25, -0.2) is 9.18 Å². The number of carbonyl (C=O) groups is 2. The van der Waals surface area contributed by atoms with E-state index in [1.165, 1.54) is 44.3 Å². The smallest absolute Gasteiger partial charge is 0.339 e. The minimum atomic E-state index is -1.19. The van der Waals surface area contributed by atoms with Crippen LogP contribution in [0.15, 0.2) is 42.5 Å². The maximum atomic E-state index is 13.1. The highest BCUT2D eigenvalue weighted by Gasteiger charge is 2.22. The molecule has 0 bridgehead atoms. The predicted molar refractivity (Wildman–Crippen MR) is 92.6 cm³/mol. The molecule has 2 rings (SSSR count). The molecule has 0 heterocycles. The molecule has 0 spiro atoms. The van der Waals surface area contributed by atoms with E-state index in [4.69, 9.17) is 4.74 Å². The maximum absolute atomic E-state index is 13.1. The summed E-state index contributed by atoms with van der Waals surface area (Å²) in [5.74, 6) is -2.08. The Kier molecular flexibility index (Phi) is 5.84. The molecule has 0 radical (unpaired) electrons. The minimum absolute atomic E-state index is 0.0684. The summed E-state index contributed by atoms with van der Waals surface area (Å²) in [6, 6.07) is 9.02. The molecule has 0 aliphatic heterocycles. The molecule has 2 aromatic carbocycles. The van der Waals surface area contributed by atoms with E-state index >= 15 is 0 Å². The molecule has 0 aliphatic carbocycles. The zero-order valence-electron chi connectivity index (χ0n) is 14.0. The van der Waals surface area contributed by atoms with Gasteiger partial charge in [-0.2, -0.15) is 0 Å². The van der Waals surface area contributed by atoms with Gasteiger partial charge in [-0.1, -0.05) is 6.07 Å². The third kappa shape index (κ3) is 4.53. The zero-order chi connectivity index (χ0) is 19.3. The van der Waals surface area contributed by atoms with Crippen LogP contribution in [0.2, 0.25) is 0 Å². The normalized spacial score (nSPS) is 11.3. The first-order chi connectivity index (χ1) is 12.3. The molecular weight excluding hydrogens is 345 g/mol. The molecular formula is C17H16FN3O5. The summed E-state index contributed by atoms with van der Waals surface area (Å²) in [4.78, 5) is 34.6. The van der Waals surface area contributed by atoms with Crippen molar-refractivity contribution in [3.05, 3.63) is 64.0 Å². The molecule has 136 valence electrons. The Hall–Kier alpha value is -3.49. The number of nitrogens with one attached hydrogen (secondary N) is 2. The standard InChI is InChI=1S/C17H16FN3O5/c1-10(16(22)20-13-5-3-4-12(18)9-13)26-17(23)11-6-7-14(19-2)15(8-11)21(24)25/h3-10,19H,1-2H3,(H,20,22). The van der Waals surface area contributed by atoms with Gasteiger partial charge in [0.25, 0.3) is 11.6 Å². The molecule has 1 amide bonds. The highest BCUT2D eigenvalue weighted by Crippen LogP contribution is 2.25. The Balaban J connectivity index is 2.07. The largest absolute Gasteiger partial charge is 0.449 e. The van der Waals surface area contributed by atoms with Gasteiger partial charge in [-0.15, -0.1) is 0 Å². The third-order valence-corrected chi connectivity index (χ3v) is 3.44. The summed E-state index contributed by atoms with van der Waals surface area (Å²) >= 11 is 0. The molecule has 0 aromatic heterocycles. The number of nitrogens with zero attached hydrogens (tertiary/aromatic N) is 1. The molecule has 0 aliphatic rings. The van der Waals surface area contributed by atoms with Crippen molar-refractivity contribution >= 4 is 28.9 Å². The van der Waals surface area contributed by atoms with Crippen molar-refractivity contribution in [1.29, 1.82) is 0 Å². The number of anilines is 2. The highest BCUT2D eigenvalue weighted by molar-refractivity contribution is 5.97. The van der Waals surface area contributed by atoms with Crippen molar-refractivity contribution in [1.82, 2.24) is 0 Å². The van der Waals surface area contributed by atoms with E-state index in [1.54, 1.807) is 0 Å². The second kappa shape index (κ2) is 8.06. The van der Waals surface area contributed by atoms with Gasteiger partial charge < -0.3 is 15.4 Å². The Morgan fingerprint density at radius 3 is 2.58 bits per heavy atom. The summed E-state index contributed by atoms with van der Waals surface area (Å²) in [5, 5.41) is 16.1. The summed E-state index contributed by atoms with van der Waals surface area (Å²) in [6.45, 7) is 1.34. The maximum Gasteiger partial charge on any atom is 0.339 e. The Labute approximate surface area is 148 Å². The van der Waals surface area contributed by atoms with Crippen LogP contribution < -0.4 is 10.6 Å². The van der Waals surface area contributed by atoms with E-state index < -0.39 is 28.7 Å². The van der Waals surface area contributed by atoms with Crippen molar-refractivity contribution in [2.75, 3.05) is 17.7 Å². The van der Waals surface area contributed by atoms with Crippen molar-refractivity contribution in [3.63, 3.8) is 0 Å². The van der Waals surface area contributed by atoms with Gasteiger partial charge in [0, 0.05) is 18.8 Å². The van der Waals surface area contributed by atoms with Gasteiger partial charge in [0.1, 0.15) is 11.5 Å². The number of amides is 1. The molecule has 1 atom stereocenters. The van der Waals surface area contributed by atoms with E-state index in [-0.39, 0.29) is 22.6 Å². The number of esters is 1. The van der Waals surface area contributed by atoms with E-state index in [0.717, 1.165) is 12.1 Å². The minimum Gasteiger partial charge on any atom is -0.449 e. The van der Waals surface area contributed by atoms with Crippen molar-refractivity contribution < 1.29 is 23.6 Å². The van der Waals surface area contributed by atoms with E-state index in [9.17, 15) is 24.1 Å². The van der Waals surface area contributed by atoms with Gasteiger partial charge in [-0.05, 0) is 37.3 Å². The van der Waals surface area contributed by atoms with E-state index in [0.29, 0.717) is 0 Å². The van der Waals surface area contributed by atoms with Crippen LogP contribution in [0, 0.1) is 15.9 Å². The van der Waals surface area contributed by atoms with Gasteiger partial charge >= 0.3 is 5.97 Å². The molecule has 8 nitrogen and oxygen atoms in total. The summed E-state index contributed by atoms with van der Waals surface area (Å²) in [5.41, 5.74) is 0.0928. The molecule has 2 N–H and O–H groups in total. The molecule has 0 saturated heterocycles. The zero-order valence-corrected chi connectivity index (χ0v) is 14.0. The number of nitro benzene ring substituents is 1. The quantitative estimate of drug-likeness (QED) is 0.465. The van der Waals surface area contributed by atoms with Crippen molar-refractivity contribution in [2.24, 2.45) is 0 Å². The van der Waals surface area contributed by atoms with Crippen LogP contribution >= 0.6 is 0 Å². The topological polar surface area (TPSA) is 111 Å². The molecule has 0 saturated carbocycles. The fourth-order valence-corrected chi connectivity index (χ4v) is 2.11. The molecule has 9 heteroatoms. The number of benzene rings is 2. The fraction of sp³-hybridized carbons (Fsp3) is 0.176. The lowest BCUT2D eigenvalue weighted by molar-refractivity contribution is -0.384. The van der Waals surface area contributed by atoms with Gasteiger partial charge in [0.15, 0.2) is 6.10 Å². The van der Waals surface area contributed by atoms with Crippen LogP contribution in [0.5, 0.6) is 0 Å². The lowest BCUT2D eigenvalue weighted by Crippen LogP contribution is -2.30. The number of hydrogen-bond donors (Lipinski definition) is 2. The number of nitro groups is 1. The third-order valence-electron chi connectivity index (χ3n) is 3.44. The first-order valence-electron chi connectivity index (χ1n) is 7.55. The van der Waals surface area contributed by atoms with Crippen LogP contribution in [-0.4, -0.2) is 30.0 Å². The van der Waals surface area contributed by atoms with Gasteiger partial charge in [0.2, 0.25) is 0 Å². The predicted octanol–water partition coefficient (Wildman–Crippen LogP) is 2.96. The first kappa shape index (κ1) is 18.8. The second-order valence-corrected chi connectivity index (χ2v) is 5.29. The summed E-state index contributed by atoms with van der Waals surface area (Å²) < 4.78 is 18.1. The van der Waals surface area contributed by atoms with Crippen molar-refractivity contribution in [3.8, 4) is 0 Å². The number of rotatable bonds is 6. The van der Waals surface area contributed by atoms with Gasteiger partial charge in [-0.3, -0.25) is 14.9 Å². The van der Waals surface area contributed by atoms with Crippen LogP contribution in [0.4, 0.5) is 21.5 Å². The molecule has 1 unspecified atom stereocenters.